The molecule has 5 rings (SSSR count). The maximum Gasteiger partial charge on any atom is 0.309 e. The highest BCUT2D eigenvalue weighted by Gasteiger charge is 2.78. The lowest BCUT2D eigenvalue weighted by molar-refractivity contribution is -0.229. The molecule has 0 unspecified atom stereocenters. The predicted molar refractivity (Wildman–Crippen MR) is 133 cm³/mol. The van der Waals surface area contributed by atoms with E-state index in [9.17, 15) is 23.9 Å². The van der Waals surface area contributed by atoms with Crippen LogP contribution in [-0.2, 0) is 19.1 Å². The molecule has 0 aromatic rings. The first-order valence-electron chi connectivity index (χ1n) is 13.3. The van der Waals surface area contributed by atoms with Crippen LogP contribution in [0.1, 0.15) is 65.7 Å². The van der Waals surface area contributed by atoms with Crippen LogP contribution in [0.15, 0.2) is 23.8 Å². The SMILES string of the molecule is C[C@@H]1C[C@H]2[C@@H]3C[C@H](F)C4=CC(=O)C=C[C@]4(C)[C@@]3(F)[C@@H](O)C[C@]2(C)[C@@]1(OC(=O)C1CCCC1)C(=O)SCF. The number of hydrogen-bond acceptors (Lipinski definition) is 6. The largest absolute Gasteiger partial charge is 0.449 e. The lowest BCUT2D eigenvalue weighted by Gasteiger charge is -2.63. The van der Waals surface area contributed by atoms with Crippen molar-refractivity contribution in [2.45, 2.75) is 89.3 Å². The number of carbonyl (C=O) groups is 3. The van der Waals surface area contributed by atoms with E-state index in [0.717, 1.165) is 18.9 Å². The minimum absolute atomic E-state index is 0.0236. The summed E-state index contributed by atoms with van der Waals surface area (Å²) in [4.78, 5) is 39.0. The molecule has 0 bridgehead atoms. The zero-order chi connectivity index (χ0) is 27.0. The highest BCUT2D eigenvalue weighted by atomic mass is 32.2. The standard InChI is InChI=1S/C28H35F3O5S/c1-15-10-18-19-12-21(30)20-11-17(32)8-9-25(20,2)27(19,31)22(33)13-26(18,3)28(15,24(35)37-14-29)36-23(34)16-6-4-5-7-16/h8-9,11,15-16,18-19,21-22,33H,4-7,10,12-14H2,1-3H3/t15-,18+,19+,21+,22+,25+,26+,27+,28+/m1/s1. The zero-order valence-electron chi connectivity index (χ0n) is 21.5. The number of hydrogen-bond donors (Lipinski definition) is 1. The molecule has 4 fully saturated rings. The van der Waals surface area contributed by atoms with Gasteiger partial charge in [0.25, 0.3) is 0 Å². The van der Waals surface area contributed by atoms with Gasteiger partial charge in [0.15, 0.2) is 17.1 Å². The lowest BCUT2D eigenvalue weighted by Crippen LogP contribution is -2.70. The summed E-state index contributed by atoms with van der Waals surface area (Å²) in [5, 5.41) is 10.9. The number of aliphatic hydroxyl groups is 1. The van der Waals surface area contributed by atoms with Crippen molar-refractivity contribution in [2.75, 3.05) is 6.01 Å². The summed E-state index contributed by atoms with van der Waals surface area (Å²) in [6, 6.07) is -1.01. The normalized spacial score (nSPS) is 47.2. The molecule has 4 saturated carbocycles. The number of carbonyl (C=O) groups excluding carboxylic acids is 3. The minimum atomic E-state index is -2.30. The fourth-order valence-electron chi connectivity index (χ4n) is 8.78. The van der Waals surface area contributed by atoms with E-state index in [4.69, 9.17) is 4.74 Å². The van der Waals surface area contributed by atoms with Gasteiger partial charge in [0.05, 0.1) is 12.0 Å². The monoisotopic (exact) mass is 540 g/mol. The number of aliphatic hydroxyl groups excluding tert-OH is 1. The molecule has 5 aliphatic carbocycles. The zero-order valence-corrected chi connectivity index (χ0v) is 22.3. The fourth-order valence-corrected chi connectivity index (χ4v) is 9.57. The molecule has 0 spiro atoms. The highest BCUT2D eigenvalue weighted by Crippen LogP contribution is 2.72. The molecule has 9 heteroatoms. The van der Waals surface area contributed by atoms with Crippen LogP contribution in [0.5, 0.6) is 0 Å². The molecule has 0 radical (unpaired) electrons. The van der Waals surface area contributed by atoms with Crippen molar-refractivity contribution in [3.63, 3.8) is 0 Å². The first-order chi connectivity index (χ1) is 17.4. The highest BCUT2D eigenvalue weighted by molar-refractivity contribution is 8.13. The first kappa shape index (κ1) is 27.0. The smallest absolute Gasteiger partial charge is 0.309 e. The molecule has 5 nitrogen and oxygen atoms in total. The minimum Gasteiger partial charge on any atom is -0.449 e. The quantitative estimate of drug-likeness (QED) is 0.493. The van der Waals surface area contributed by atoms with Gasteiger partial charge in [-0.05, 0) is 74.4 Å². The number of ketones is 1. The van der Waals surface area contributed by atoms with Gasteiger partial charge in [0, 0.05) is 22.7 Å². The van der Waals surface area contributed by atoms with Gasteiger partial charge in [0.1, 0.15) is 12.2 Å². The van der Waals surface area contributed by atoms with Crippen LogP contribution in [0, 0.1) is 34.5 Å². The van der Waals surface area contributed by atoms with Crippen LogP contribution in [0.3, 0.4) is 0 Å². The number of thioether (sulfide) groups is 1. The van der Waals surface area contributed by atoms with E-state index in [0.29, 0.717) is 24.6 Å². The van der Waals surface area contributed by atoms with E-state index >= 15 is 8.78 Å². The van der Waals surface area contributed by atoms with Crippen LogP contribution >= 0.6 is 11.8 Å². The Morgan fingerprint density at radius 2 is 1.86 bits per heavy atom. The van der Waals surface area contributed by atoms with Crippen LogP contribution in [-0.4, -0.2) is 51.5 Å². The number of ether oxygens (including phenoxy) is 1. The molecule has 1 N–H and O–H groups in total. The summed E-state index contributed by atoms with van der Waals surface area (Å²) in [6.07, 6.45) is 3.32. The summed E-state index contributed by atoms with van der Waals surface area (Å²) in [6.45, 7) is 4.97. The van der Waals surface area contributed by atoms with Crippen molar-refractivity contribution in [3.05, 3.63) is 23.8 Å². The molecular weight excluding hydrogens is 505 g/mol. The molecule has 0 amide bonds. The van der Waals surface area contributed by atoms with E-state index in [1.54, 1.807) is 13.8 Å². The molecule has 5 aliphatic rings. The van der Waals surface area contributed by atoms with Gasteiger partial charge in [-0.1, -0.05) is 32.8 Å². The summed E-state index contributed by atoms with van der Waals surface area (Å²) in [5.41, 5.74) is -6.82. The van der Waals surface area contributed by atoms with Crippen LogP contribution in [0.2, 0.25) is 0 Å². The Balaban J connectivity index is 1.61. The third-order valence-corrected chi connectivity index (χ3v) is 11.3. The van der Waals surface area contributed by atoms with Gasteiger partial charge in [-0.3, -0.25) is 14.4 Å². The summed E-state index contributed by atoms with van der Waals surface area (Å²) in [7, 11) is 0. The second-order valence-electron chi connectivity index (χ2n) is 12.2. The van der Waals surface area contributed by atoms with Gasteiger partial charge >= 0.3 is 5.97 Å². The Kier molecular flexibility index (Phi) is 6.54. The second kappa shape index (κ2) is 8.97. The Morgan fingerprint density at radius 1 is 1.19 bits per heavy atom. The van der Waals surface area contributed by atoms with Crippen LogP contribution in [0.4, 0.5) is 13.2 Å². The number of rotatable bonds is 4. The summed E-state index contributed by atoms with van der Waals surface area (Å²) < 4.78 is 52.7. The van der Waals surface area contributed by atoms with Gasteiger partial charge in [-0.15, -0.1) is 0 Å². The first-order valence-corrected chi connectivity index (χ1v) is 14.3. The van der Waals surface area contributed by atoms with E-state index in [2.05, 4.69) is 0 Å². The Labute approximate surface area is 219 Å². The van der Waals surface area contributed by atoms with Gasteiger partial charge in [-0.2, -0.15) is 0 Å². The average molecular weight is 541 g/mol. The van der Waals surface area contributed by atoms with Crippen molar-refractivity contribution >= 4 is 28.6 Å². The van der Waals surface area contributed by atoms with Crippen molar-refractivity contribution in [1.29, 1.82) is 0 Å². The van der Waals surface area contributed by atoms with E-state index in [-0.39, 0.29) is 30.8 Å². The molecule has 37 heavy (non-hydrogen) atoms. The van der Waals surface area contributed by atoms with Crippen molar-refractivity contribution in [1.82, 2.24) is 0 Å². The average Bonchev–Trinajstić information content (AvgIpc) is 3.45. The second-order valence-corrected chi connectivity index (χ2v) is 13.1. The molecule has 0 aromatic carbocycles. The number of alkyl halides is 3. The van der Waals surface area contributed by atoms with E-state index in [1.807, 2.05) is 0 Å². The molecule has 0 heterocycles. The maximum atomic E-state index is 17.4. The predicted octanol–water partition coefficient (Wildman–Crippen LogP) is 5.21. The van der Waals surface area contributed by atoms with Crippen LogP contribution < -0.4 is 0 Å². The van der Waals surface area contributed by atoms with Gasteiger partial charge in [0.2, 0.25) is 5.12 Å². The molecule has 9 atom stereocenters. The third kappa shape index (κ3) is 3.44. The van der Waals surface area contributed by atoms with Gasteiger partial charge < -0.3 is 9.84 Å². The summed E-state index contributed by atoms with van der Waals surface area (Å²) >= 11 is 0.428. The Bertz CT molecular complexity index is 1070. The maximum absolute atomic E-state index is 17.4. The Morgan fingerprint density at radius 3 is 2.51 bits per heavy atom. The topological polar surface area (TPSA) is 80.7 Å². The lowest BCUT2D eigenvalue weighted by atomic mass is 9.44. The molecule has 0 aromatic heterocycles. The van der Waals surface area contributed by atoms with Gasteiger partial charge in [-0.25, -0.2) is 13.2 Å². The van der Waals surface area contributed by atoms with E-state index in [1.165, 1.54) is 19.1 Å². The fraction of sp³-hybridized carbons (Fsp3) is 0.750. The molecule has 0 aliphatic heterocycles. The van der Waals surface area contributed by atoms with Crippen molar-refractivity contribution in [2.24, 2.45) is 34.5 Å². The summed E-state index contributed by atoms with van der Waals surface area (Å²) in [5.74, 6) is -3.49. The molecular formula is C28H35F3O5S. The van der Waals surface area contributed by atoms with Crippen molar-refractivity contribution in [3.8, 4) is 0 Å². The molecule has 0 saturated heterocycles. The number of fused-ring (bicyclic) bond motifs is 5. The number of esters is 1. The Hall–Kier alpha value is -1.61. The van der Waals surface area contributed by atoms with E-state index < -0.39 is 75.0 Å². The number of allylic oxidation sites excluding steroid dienone is 4. The molecule has 204 valence electrons. The van der Waals surface area contributed by atoms with Crippen LogP contribution in [0.25, 0.3) is 0 Å². The third-order valence-electron chi connectivity index (χ3n) is 10.6. The number of halogens is 3. The van der Waals surface area contributed by atoms with Crippen molar-refractivity contribution < 1.29 is 37.4 Å².